The second kappa shape index (κ2) is 5.04. The summed E-state index contributed by atoms with van der Waals surface area (Å²) >= 11 is 7.89. The Morgan fingerprint density at radius 3 is 2.94 bits per heavy atom. The van der Waals surface area contributed by atoms with Crippen molar-refractivity contribution in [2.45, 2.75) is 31.7 Å². The van der Waals surface area contributed by atoms with E-state index in [2.05, 4.69) is 12.1 Å². The van der Waals surface area contributed by atoms with E-state index in [1.54, 1.807) is 4.88 Å². The summed E-state index contributed by atoms with van der Waals surface area (Å²) in [5.41, 5.74) is 9.04. The van der Waals surface area contributed by atoms with Gasteiger partial charge in [-0.2, -0.15) is 0 Å². The lowest BCUT2D eigenvalue weighted by molar-refractivity contribution is 0.735. The van der Waals surface area contributed by atoms with Crippen LogP contribution in [0.5, 0.6) is 0 Å². The largest absolute Gasteiger partial charge is 0.323 e. The molecule has 2 aromatic rings. The number of benzene rings is 1. The number of hydrogen-bond donors (Lipinski definition) is 1. The second-order valence-electron chi connectivity index (χ2n) is 4.89. The Bertz CT molecular complexity index is 540. The fraction of sp³-hybridized carbons (Fsp3) is 0.333. The number of aryl methyl sites for hydroxylation is 2. The number of nitrogens with two attached hydrogens (primary N) is 1. The molecule has 0 radical (unpaired) electrons. The lowest BCUT2D eigenvalue weighted by atomic mass is 10.0. The fourth-order valence-electron chi connectivity index (χ4n) is 2.55. The van der Waals surface area contributed by atoms with Gasteiger partial charge in [-0.3, -0.25) is 0 Å². The molecule has 0 fully saturated rings. The molecule has 0 aliphatic heterocycles. The summed E-state index contributed by atoms with van der Waals surface area (Å²) in [5.74, 6) is 0. The van der Waals surface area contributed by atoms with Gasteiger partial charge in [0.15, 0.2) is 0 Å². The predicted octanol–water partition coefficient (Wildman–Crippen LogP) is 4.13. The van der Waals surface area contributed by atoms with Crippen molar-refractivity contribution < 1.29 is 0 Å². The summed E-state index contributed by atoms with van der Waals surface area (Å²) in [4.78, 5) is 2.87. The van der Waals surface area contributed by atoms with Gasteiger partial charge >= 0.3 is 0 Å². The van der Waals surface area contributed by atoms with Crippen molar-refractivity contribution in [3.05, 3.63) is 56.2 Å². The van der Waals surface area contributed by atoms with Crippen molar-refractivity contribution in [3.63, 3.8) is 0 Å². The SMILES string of the molecule is NC(Cc1cccc(Cl)c1)c1cc2c(s1)CCC2. The molecule has 2 N–H and O–H groups in total. The number of rotatable bonds is 3. The van der Waals surface area contributed by atoms with Crippen LogP contribution in [0.25, 0.3) is 0 Å². The average Bonchev–Trinajstić information content (AvgIpc) is 2.88. The molecule has 1 atom stereocenters. The van der Waals surface area contributed by atoms with Crippen LogP contribution < -0.4 is 5.73 Å². The summed E-state index contributed by atoms with van der Waals surface area (Å²) in [6.07, 6.45) is 4.64. The van der Waals surface area contributed by atoms with Gasteiger partial charge in [-0.05, 0) is 55.0 Å². The van der Waals surface area contributed by atoms with Crippen LogP contribution in [0.2, 0.25) is 5.02 Å². The molecular formula is C15H16ClNS. The maximum absolute atomic E-state index is 6.31. The van der Waals surface area contributed by atoms with E-state index >= 15 is 0 Å². The molecule has 0 bridgehead atoms. The van der Waals surface area contributed by atoms with Gasteiger partial charge in [0, 0.05) is 20.8 Å². The number of hydrogen-bond acceptors (Lipinski definition) is 2. The van der Waals surface area contributed by atoms with Crippen LogP contribution in [-0.4, -0.2) is 0 Å². The first-order chi connectivity index (χ1) is 8.72. The van der Waals surface area contributed by atoms with Gasteiger partial charge in [-0.15, -0.1) is 11.3 Å². The van der Waals surface area contributed by atoms with Crippen molar-refractivity contribution in [2.75, 3.05) is 0 Å². The van der Waals surface area contributed by atoms with Crippen molar-refractivity contribution >= 4 is 22.9 Å². The van der Waals surface area contributed by atoms with E-state index in [1.165, 1.54) is 35.3 Å². The van der Waals surface area contributed by atoms with Crippen LogP contribution in [-0.2, 0) is 19.3 Å². The third-order valence-electron chi connectivity index (χ3n) is 3.48. The molecule has 18 heavy (non-hydrogen) atoms. The highest BCUT2D eigenvalue weighted by molar-refractivity contribution is 7.12. The molecule has 3 heteroatoms. The summed E-state index contributed by atoms with van der Waals surface area (Å²) in [5, 5.41) is 0.786. The van der Waals surface area contributed by atoms with Gasteiger partial charge in [0.25, 0.3) is 0 Å². The first kappa shape index (κ1) is 12.2. The monoisotopic (exact) mass is 277 g/mol. The minimum atomic E-state index is 0.0964. The van der Waals surface area contributed by atoms with E-state index in [0.29, 0.717) is 0 Å². The third-order valence-corrected chi connectivity index (χ3v) is 5.08. The van der Waals surface area contributed by atoms with Crippen LogP contribution >= 0.6 is 22.9 Å². The maximum Gasteiger partial charge on any atom is 0.0430 e. The fourth-order valence-corrected chi connectivity index (χ4v) is 4.03. The lowest BCUT2D eigenvalue weighted by Gasteiger charge is -2.10. The Kier molecular flexibility index (Phi) is 3.42. The smallest absolute Gasteiger partial charge is 0.0430 e. The quantitative estimate of drug-likeness (QED) is 0.897. The summed E-state index contributed by atoms with van der Waals surface area (Å²) in [7, 11) is 0. The molecular weight excluding hydrogens is 262 g/mol. The Morgan fingerprint density at radius 2 is 2.17 bits per heavy atom. The van der Waals surface area contributed by atoms with E-state index in [1.807, 2.05) is 29.5 Å². The average molecular weight is 278 g/mol. The zero-order valence-corrected chi connectivity index (χ0v) is 11.7. The highest BCUT2D eigenvalue weighted by Crippen LogP contribution is 2.34. The molecule has 94 valence electrons. The minimum Gasteiger partial charge on any atom is -0.323 e. The first-order valence-electron chi connectivity index (χ1n) is 6.34. The van der Waals surface area contributed by atoms with Crippen molar-refractivity contribution in [3.8, 4) is 0 Å². The third kappa shape index (κ3) is 2.46. The van der Waals surface area contributed by atoms with Crippen molar-refractivity contribution in [1.82, 2.24) is 0 Å². The van der Waals surface area contributed by atoms with Gasteiger partial charge in [-0.1, -0.05) is 23.7 Å². The molecule has 0 saturated heterocycles. The zero-order chi connectivity index (χ0) is 12.5. The van der Waals surface area contributed by atoms with E-state index in [9.17, 15) is 0 Å². The molecule has 0 amide bonds. The molecule has 1 unspecified atom stereocenters. The second-order valence-corrected chi connectivity index (χ2v) is 6.50. The minimum absolute atomic E-state index is 0.0964. The van der Waals surface area contributed by atoms with Gasteiger partial charge in [-0.25, -0.2) is 0 Å². The predicted molar refractivity (Wildman–Crippen MR) is 78.4 cm³/mol. The van der Waals surface area contributed by atoms with E-state index in [0.717, 1.165) is 11.4 Å². The maximum atomic E-state index is 6.31. The Morgan fingerprint density at radius 1 is 1.28 bits per heavy atom. The van der Waals surface area contributed by atoms with Crippen LogP contribution in [0, 0.1) is 0 Å². The lowest BCUT2D eigenvalue weighted by Crippen LogP contribution is -2.11. The van der Waals surface area contributed by atoms with Crippen LogP contribution in [0.15, 0.2) is 30.3 Å². The number of halogens is 1. The van der Waals surface area contributed by atoms with Gasteiger partial charge in [0.05, 0.1) is 0 Å². The molecule has 0 spiro atoms. The molecule has 1 nitrogen and oxygen atoms in total. The summed E-state index contributed by atoms with van der Waals surface area (Å²) < 4.78 is 0. The molecule has 1 aliphatic carbocycles. The molecule has 1 aromatic carbocycles. The summed E-state index contributed by atoms with van der Waals surface area (Å²) in [6.45, 7) is 0. The van der Waals surface area contributed by atoms with Crippen LogP contribution in [0.3, 0.4) is 0 Å². The highest BCUT2D eigenvalue weighted by Gasteiger charge is 2.18. The van der Waals surface area contributed by atoms with Gasteiger partial charge in [0.1, 0.15) is 0 Å². The Hall–Kier alpha value is -0.830. The zero-order valence-electron chi connectivity index (χ0n) is 10.2. The topological polar surface area (TPSA) is 26.0 Å². The van der Waals surface area contributed by atoms with Gasteiger partial charge in [0.2, 0.25) is 0 Å². The van der Waals surface area contributed by atoms with E-state index in [4.69, 9.17) is 17.3 Å². The van der Waals surface area contributed by atoms with Gasteiger partial charge < -0.3 is 5.73 Å². The number of thiophene rings is 1. The molecule has 1 aromatic heterocycles. The highest BCUT2D eigenvalue weighted by atomic mass is 35.5. The number of fused-ring (bicyclic) bond motifs is 1. The Balaban J connectivity index is 1.76. The molecule has 1 aliphatic rings. The normalized spacial score (nSPS) is 15.7. The van der Waals surface area contributed by atoms with E-state index < -0.39 is 0 Å². The first-order valence-corrected chi connectivity index (χ1v) is 7.53. The standard InChI is InChI=1S/C15H16ClNS/c16-12-5-1-3-10(7-12)8-13(17)15-9-11-4-2-6-14(11)18-15/h1,3,5,7,9,13H,2,4,6,8,17H2. The molecule has 0 saturated carbocycles. The summed E-state index contributed by atoms with van der Waals surface area (Å²) in [6, 6.07) is 10.4. The van der Waals surface area contributed by atoms with Crippen molar-refractivity contribution in [2.24, 2.45) is 5.73 Å². The molecule has 3 rings (SSSR count). The Labute approximate surface area is 117 Å². The van der Waals surface area contributed by atoms with Crippen LogP contribution in [0.4, 0.5) is 0 Å². The van der Waals surface area contributed by atoms with Crippen molar-refractivity contribution in [1.29, 1.82) is 0 Å². The molecule has 1 heterocycles. The van der Waals surface area contributed by atoms with E-state index in [-0.39, 0.29) is 6.04 Å². The van der Waals surface area contributed by atoms with Crippen LogP contribution in [0.1, 0.15) is 33.3 Å².